The maximum Gasteiger partial charge on any atom is 0.242 e. The zero-order chi connectivity index (χ0) is 20.5. The van der Waals surface area contributed by atoms with Crippen LogP contribution in [0.25, 0.3) is 0 Å². The lowest BCUT2D eigenvalue weighted by Gasteiger charge is -2.29. The van der Waals surface area contributed by atoms with Crippen molar-refractivity contribution < 1.29 is 14.3 Å². The van der Waals surface area contributed by atoms with Crippen LogP contribution in [0.1, 0.15) is 37.8 Å². The molecule has 0 aliphatic carbocycles. The van der Waals surface area contributed by atoms with E-state index in [9.17, 15) is 9.59 Å². The van der Waals surface area contributed by atoms with Crippen LogP contribution >= 0.6 is 11.6 Å². The lowest BCUT2D eigenvalue weighted by atomic mass is 10.1. The topological polar surface area (TPSA) is 58.6 Å². The third-order valence-electron chi connectivity index (χ3n) is 4.55. The van der Waals surface area contributed by atoms with E-state index >= 15 is 0 Å². The van der Waals surface area contributed by atoms with Crippen LogP contribution in [0, 0.1) is 0 Å². The van der Waals surface area contributed by atoms with Crippen molar-refractivity contribution >= 4 is 23.4 Å². The van der Waals surface area contributed by atoms with Crippen molar-refractivity contribution in [2.75, 3.05) is 7.11 Å². The number of methoxy groups -OCH3 is 1. The van der Waals surface area contributed by atoms with Crippen molar-refractivity contribution in [2.24, 2.45) is 0 Å². The number of nitrogens with one attached hydrogen (secondary N) is 1. The highest BCUT2D eigenvalue weighted by Gasteiger charge is 2.25. The molecule has 28 heavy (non-hydrogen) atoms. The summed E-state index contributed by atoms with van der Waals surface area (Å²) in [5.41, 5.74) is 1.78. The average molecular weight is 403 g/mol. The van der Waals surface area contributed by atoms with E-state index < -0.39 is 6.04 Å². The molecule has 6 heteroatoms. The minimum Gasteiger partial charge on any atom is -0.497 e. The molecule has 0 aromatic heterocycles. The Morgan fingerprint density at radius 1 is 1.14 bits per heavy atom. The van der Waals surface area contributed by atoms with Gasteiger partial charge in [0, 0.05) is 24.5 Å². The van der Waals surface area contributed by atoms with Crippen LogP contribution in [0.15, 0.2) is 48.5 Å². The Balaban J connectivity index is 2.08. The molecule has 0 heterocycles. The number of halogens is 1. The van der Waals surface area contributed by atoms with Crippen LogP contribution in [-0.2, 0) is 22.7 Å². The molecule has 0 fully saturated rings. The molecule has 2 aromatic rings. The molecule has 1 N–H and O–H groups in total. The minimum absolute atomic E-state index is 0.0429. The Hall–Kier alpha value is -2.53. The summed E-state index contributed by atoms with van der Waals surface area (Å²) in [7, 11) is 1.61. The van der Waals surface area contributed by atoms with Crippen LogP contribution in [0.3, 0.4) is 0 Å². The second kappa shape index (κ2) is 10.7. The van der Waals surface area contributed by atoms with Gasteiger partial charge in [-0.2, -0.15) is 0 Å². The fraction of sp³-hybridized carbons (Fsp3) is 0.364. The molecule has 1 atom stereocenters. The van der Waals surface area contributed by atoms with E-state index in [4.69, 9.17) is 16.3 Å². The summed E-state index contributed by atoms with van der Waals surface area (Å²) in [6.07, 6.45) is 1.13. The fourth-order valence-corrected chi connectivity index (χ4v) is 3.04. The van der Waals surface area contributed by atoms with Gasteiger partial charge in [-0.05, 0) is 42.7 Å². The molecule has 2 amide bonds. The molecular formula is C22H27ClN2O3. The van der Waals surface area contributed by atoms with Gasteiger partial charge in [0.25, 0.3) is 0 Å². The van der Waals surface area contributed by atoms with Crippen LogP contribution in [0.4, 0.5) is 0 Å². The number of hydrogen-bond donors (Lipinski definition) is 1. The summed E-state index contributed by atoms with van der Waals surface area (Å²) in [6, 6.07) is 14.3. The summed E-state index contributed by atoms with van der Waals surface area (Å²) in [5, 5.41) is 3.49. The predicted octanol–water partition coefficient (Wildman–Crippen LogP) is 4.18. The minimum atomic E-state index is -0.594. The van der Waals surface area contributed by atoms with Crippen molar-refractivity contribution in [3.63, 3.8) is 0 Å². The van der Waals surface area contributed by atoms with Gasteiger partial charge in [0.15, 0.2) is 0 Å². The zero-order valence-corrected chi connectivity index (χ0v) is 17.3. The van der Waals surface area contributed by atoms with E-state index in [0.717, 1.165) is 23.3 Å². The van der Waals surface area contributed by atoms with Crippen molar-refractivity contribution in [1.29, 1.82) is 0 Å². The van der Waals surface area contributed by atoms with Crippen LogP contribution in [-0.4, -0.2) is 29.9 Å². The number of amides is 2. The first kappa shape index (κ1) is 21.8. The van der Waals surface area contributed by atoms with E-state index in [2.05, 4.69) is 5.32 Å². The number of nitrogens with zero attached hydrogens (tertiary/aromatic N) is 1. The van der Waals surface area contributed by atoms with E-state index in [-0.39, 0.29) is 11.8 Å². The van der Waals surface area contributed by atoms with Crippen molar-refractivity contribution in [3.8, 4) is 5.75 Å². The normalized spacial score (nSPS) is 11.6. The summed E-state index contributed by atoms with van der Waals surface area (Å²) in [6.45, 7) is 4.38. The van der Waals surface area contributed by atoms with Crippen LogP contribution in [0.2, 0.25) is 5.02 Å². The predicted molar refractivity (Wildman–Crippen MR) is 111 cm³/mol. The highest BCUT2D eigenvalue weighted by Crippen LogP contribution is 2.17. The lowest BCUT2D eigenvalue weighted by Crippen LogP contribution is -2.47. The smallest absolute Gasteiger partial charge is 0.242 e. The molecule has 150 valence electrons. The highest BCUT2D eigenvalue weighted by atomic mass is 35.5. The molecule has 2 aromatic carbocycles. The van der Waals surface area contributed by atoms with E-state index in [0.29, 0.717) is 24.5 Å². The van der Waals surface area contributed by atoms with Crippen molar-refractivity contribution in [3.05, 3.63) is 64.7 Å². The van der Waals surface area contributed by atoms with Gasteiger partial charge >= 0.3 is 0 Å². The number of ether oxygens (including phenoxy) is 1. The number of hydrogen-bond acceptors (Lipinski definition) is 3. The van der Waals surface area contributed by atoms with Gasteiger partial charge in [-0.15, -0.1) is 0 Å². The molecule has 0 aliphatic heterocycles. The van der Waals surface area contributed by atoms with Gasteiger partial charge in [-0.3, -0.25) is 9.59 Å². The third kappa shape index (κ3) is 5.99. The van der Waals surface area contributed by atoms with Gasteiger partial charge in [-0.25, -0.2) is 0 Å². The monoisotopic (exact) mass is 402 g/mol. The third-order valence-corrected chi connectivity index (χ3v) is 4.92. The second-order valence-electron chi connectivity index (χ2n) is 6.60. The SMILES string of the molecule is CCCC(=O)N(Cc1ccc(OC)cc1)[C@@H](C)C(=O)NCc1ccccc1Cl. The summed E-state index contributed by atoms with van der Waals surface area (Å²) < 4.78 is 5.17. The van der Waals surface area contributed by atoms with Gasteiger partial charge < -0.3 is 15.0 Å². The second-order valence-corrected chi connectivity index (χ2v) is 7.01. The number of carbonyl (C=O) groups is 2. The number of rotatable bonds is 9. The molecule has 0 saturated carbocycles. The van der Waals surface area contributed by atoms with E-state index in [1.54, 1.807) is 25.0 Å². The molecule has 0 bridgehead atoms. The molecule has 0 spiro atoms. The molecule has 0 aliphatic rings. The molecule has 0 radical (unpaired) electrons. The first-order chi connectivity index (χ1) is 13.5. The lowest BCUT2D eigenvalue weighted by molar-refractivity contribution is -0.140. The van der Waals surface area contributed by atoms with Gasteiger partial charge in [0.05, 0.1) is 7.11 Å². The molecular weight excluding hydrogens is 376 g/mol. The summed E-state index contributed by atoms with van der Waals surface area (Å²) in [4.78, 5) is 27.0. The fourth-order valence-electron chi connectivity index (χ4n) is 2.84. The zero-order valence-electron chi connectivity index (χ0n) is 16.6. The first-order valence-corrected chi connectivity index (χ1v) is 9.77. The van der Waals surface area contributed by atoms with Crippen molar-refractivity contribution in [2.45, 2.75) is 45.8 Å². The Kier molecular flexibility index (Phi) is 8.33. The van der Waals surface area contributed by atoms with Crippen LogP contribution < -0.4 is 10.1 Å². The first-order valence-electron chi connectivity index (χ1n) is 9.39. The molecule has 2 rings (SSSR count). The maximum absolute atomic E-state index is 12.7. The Bertz CT molecular complexity index is 793. The number of carbonyl (C=O) groups excluding carboxylic acids is 2. The largest absolute Gasteiger partial charge is 0.497 e. The quantitative estimate of drug-likeness (QED) is 0.684. The summed E-state index contributed by atoms with van der Waals surface area (Å²) >= 11 is 6.15. The molecule has 5 nitrogen and oxygen atoms in total. The Morgan fingerprint density at radius 2 is 1.82 bits per heavy atom. The van der Waals surface area contributed by atoms with Crippen LogP contribution in [0.5, 0.6) is 5.75 Å². The van der Waals surface area contributed by atoms with E-state index in [1.807, 2.05) is 49.4 Å². The maximum atomic E-state index is 12.7. The Labute approximate surface area is 171 Å². The van der Waals surface area contributed by atoms with Gasteiger partial charge in [0.1, 0.15) is 11.8 Å². The Morgan fingerprint density at radius 3 is 2.43 bits per heavy atom. The summed E-state index contributed by atoms with van der Waals surface area (Å²) in [5.74, 6) is 0.498. The highest BCUT2D eigenvalue weighted by molar-refractivity contribution is 6.31. The number of benzene rings is 2. The van der Waals surface area contributed by atoms with E-state index in [1.165, 1.54) is 0 Å². The van der Waals surface area contributed by atoms with Crippen molar-refractivity contribution in [1.82, 2.24) is 10.2 Å². The molecule has 0 unspecified atom stereocenters. The van der Waals surface area contributed by atoms with Gasteiger partial charge in [-0.1, -0.05) is 48.9 Å². The molecule has 0 saturated heterocycles. The van der Waals surface area contributed by atoms with Gasteiger partial charge in [0.2, 0.25) is 11.8 Å². The average Bonchev–Trinajstić information content (AvgIpc) is 2.71. The standard InChI is InChI=1S/C22H27ClN2O3/c1-4-7-21(26)25(15-17-10-12-19(28-3)13-11-17)16(2)22(27)24-14-18-8-5-6-9-20(18)23/h5-6,8-13,16H,4,7,14-15H2,1-3H3,(H,24,27)/t16-/m0/s1.